The molecule has 7 nitrogen and oxygen atoms in total. The van der Waals surface area contributed by atoms with Crippen LogP contribution in [0, 0.1) is 0 Å². The van der Waals surface area contributed by atoms with Gasteiger partial charge in [0.15, 0.2) is 0 Å². The van der Waals surface area contributed by atoms with E-state index in [0.717, 1.165) is 4.90 Å². The molecule has 1 aromatic rings. The number of primary amides is 1. The first-order valence-corrected chi connectivity index (χ1v) is 5.40. The number of carbonyl (C=O) groups is 3. The van der Waals surface area contributed by atoms with E-state index in [2.05, 4.69) is 0 Å². The molecule has 0 aliphatic heterocycles. The van der Waals surface area contributed by atoms with Gasteiger partial charge in [0.1, 0.15) is 18.8 Å². The number of nitrogens with zero attached hydrogens (tertiary/aromatic N) is 2. The Balaban J connectivity index is 2.94. The normalized spacial score (nSPS) is 10.1. The summed E-state index contributed by atoms with van der Waals surface area (Å²) < 4.78 is 1.66. The molecule has 0 saturated heterocycles. The van der Waals surface area contributed by atoms with Crippen molar-refractivity contribution < 1.29 is 19.5 Å². The maximum absolute atomic E-state index is 12.1. The lowest BCUT2D eigenvalue weighted by molar-refractivity contribution is -0.138. The van der Waals surface area contributed by atoms with E-state index in [9.17, 15) is 14.4 Å². The summed E-state index contributed by atoms with van der Waals surface area (Å²) in [5.74, 6) is -2.47. The number of carboxylic acid groups (broad SMARTS) is 1. The molecule has 0 aliphatic carbocycles. The molecular weight excluding hydrogens is 238 g/mol. The van der Waals surface area contributed by atoms with Crippen LogP contribution >= 0.6 is 0 Å². The van der Waals surface area contributed by atoms with Crippen LogP contribution in [0.1, 0.15) is 17.4 Å². The minimum Gasteiger partial charge on any atom is -0.480 e. The van der Waals surface area contributed by atoms with Gasteiger partial charge in [0.05, 0.1) is 0 Å². The molecule has 0 radical (unpaired) electrons. The van der Waals surface area contributed by atoms with E-state index in [1.807, 2.05) is 6.92 Å². The fraction of sp³-hybridized carbons (Fsp3) is 0.364. The highest BCUT2D eigenvalue weighted by atomic mass is 16.4. The van der Waals surface area contributed by atoms with Crippen LogP contribution in [0.3, 0.4) is 0 Å². The van der Waals surface area contributed by atoms with Crippen LogP contribution in [0.25, 0.3) is 0 Å². The fourth-order valence-corrected chi connectivity index (χ4v) is 1.60. The average molecular weight is 253 g/mol. The number of aromatic nitrogens is 1. The van der Waals surface area contributed by atoms with Crippen molar-refractivity contribution in [2.24, 2.45) is 5.73 Å². The van der Waals surface area contributed by atoms with Crippen molar-refractivity contribution in [3.63, 3.8) is 0 Å². The number of aliphatic carboxylic acids is 1. The molecule has 7 heteroatoms. The molecule has 0 atom stereocenters. The monoisotopic (exact) mass is 253 g/mol. The molecule has 1 rings (SSSR count). The molecule has 98 valence electrons. The van der Waals surface area contributed by atoms with E-state index in [4.69, 9.17) is 10.8 Å². The molecule has 0 aliphatic rings. The lowest BCUT2D eigenvalue weighted by Crippen LogP contribution is -2.42. The molecule has 2 amide bonds. The SMILES string of the molecule is CCn1cccc1C(=O)N(CC(N)=O)CC(=O)O. The van der Waals surface area contributed by atoms with Crippen LogP contribution < -0.4 is 5.73 Å². The van der Waals surface area contributed by atoms with Gasteiger partial charge in [-0.25, -0.2) is 0 Å². The van der Waals surface area contributed by atoms with Gasteiger partial charge in [-0.1, -0.05) is 0 Å². The zero-order valence-electron chi connectivity index (χ0n) is 10.00. The molecular formula is C11H15N3O4. The number of amides is 2. The number of carboxylic acids is 1. The van der Waals surface area contributed by atoms with E-state index in [-0.39, 0.29) is 0 Å². The second-order valence-electron chi connectivity index (χ2n) is 3.70. The van der Waals surface area contributed by atoms with Gasteiger partial charge < -0.3 is 20.3 Å². The average Bonchev–Trinajstić information content (AvgIpc) is 2.73. The number of carbonyl (C=O) groups excluding carboxylic acids is 2. The number of hydrogen-bond donors (Lipinski definition) is 2. The third-order valence-electron chi connectivity index (χ3n) is 2.35. The van der Waals surface area contributed by atoms with Crippen molar-refractivity contribution in [3.05, 3.63) is 24.0 Å². The van der Waals surface area contributed by atoms with Crippen LogP contribution in [0.2, 0.25) is 0 Å². The Bertz CT molecular complexity index is 451. The van der Waals surface area contributed by atoms with E-state index in [0.29, 0.717) is 12.2 Å². The molecule has 3 N–H and O–H groups in total. The number of aryl methyl sites for hydroxylation is 1. The predicted molar refractivity (Wildman–Crippen MR) is 62.8 cm³/mol. The maximum Gasteiger partial charge on any atom is 0.323 e. The van der Waals surface area contributed by atoms with E-state index < -0.39 is 30.9 Å². The van der Waals surface area contributed by atoms with Crippen LogP contribution in [0.5, 0.6) is 0 Å². The van der Waals surface area contributed by atoms with Gasteiger partial charge in [-0.3, -0.25) is 14.4 Å². The van der Waals surface area contributed by atoms with Gasteiger partial charge in [-0.2, -0.15) is 0 Å². The molecule has 0 saturated carbocycles. The fourth-order valence-electron chi connectivity index (χ4n) is 1.60. The Morgan fingerprint density at radius 2 is 2.06 bits per heavy atom. The molecule has 0 fully saturated rings. The number of nitrogens with two attached hydrogens (primary N) is 1. The standard InChI is InChI=1S/C11H15N3O4/c1-2-13-5-3-4-8(13)11(18)14(6-9(12)15)7-10(16)17/h3-5H,2,6-7H2,1H3,(H2,12,15)(H,16,17). The summed E-state index contributed by atoms with van der Waals surface area (Å²) in [6.07, 6.45) is 1.70. The first kappa shape index (κ1) is 13.8. The van der Waals surface area contributed by atoms with Gasteiger partial charge in [-0.15, -0.1) is 0 Å². The minimum atomic E-state index is -1.20. The number of rotatable bonds is 6. The van der Waals surface area contributed by atoms with Crippen molar-refractivity contribution in [3.8, 4) is 0 Å². The highest BCUT2D eigenvalue weighted by molar-refractivity contribution is 5.96. The summed E-state index contributed by atoms with van der Waals surface area (Å²) in [6, 6.07) is 3.25. The first-order valence-electron chi connectivity index (χ1n) is 5.40. The number of hydrogen-bond acceptors (Lipinski definition) is 3. The largest absolute Gasteiger partial charge is 0.480 e. The summed E-state index contributed by atoms with van der Waals surface area (Å²) in [5, 5.41) is 8.72. The van der Waals surface area contributed by atoms with Crippen molar-refractivity contribution in [2.75, 3.05) is 13.1 Å². The van der Waals surface area contributed by atoms with Crippen LogP contribution in [0.4, 0.5) is 0 Å². The third kappa shape index (κ3) is 3.34. The molecule has 1 heterocycles. The first-order chi connectivity index (χ1) is 8.45. The predicted octanol–water partition coefficient (Wildman–Crippen LogP) is -0.480. The Morgan fingerprint density at radius 3 is 2.56 bits per heavy atom. The summed E-state index contributed by atoms with van der Waals surface area (Å²) >= 11 is 0. The van der Waals surface area contributed by atoms with E-state index in [1.165, 1.54) is 0 Å². The van der Waals surface area contributed by atoms with Crippen molar-refractivity contribution in [1.29, 1.82) is 0 Å². The van der Waals surface area contributed by atoms with E-state index in [1.54, 1.807) is 22.9 Å². The van der Waals surface area contributed by atoms with Gasteiger partial charge in [0.2, 0.25) is 5.91 Å². The Hall–Kier alpha value is -2.31. The zero-order chi connectivity index (χ0) is 13.7. The lowest BCUT2D eigenvalue weighted by atomic mass is 10.3. The Labute approximate surface area is 104 Å². The highest BCUT2D eigenvalue weighted by Crippen LogP contribution is 2.07. The van der Waals surface area contributed by atoms with Crippen LogP contribution in [0.15, 0.2) is 18.3 Å². The smallest absolute Gasteiger partial charge is 0.323 e. The van der Waals surface area contributed by atoms with Crippen molar-refractivity contribution in [2.45, 2.75) is 13.5 Å². The maximum atomic E-state index is 12.1. The van der Waals surface area contributed by atoms with Crippen molar-refractivity contribution >= 4 is 17.8 Å². The summed E-state index contributed by atoms with van der Waals surface area (Å²) in [4.78, 5) is 34.5. The Kier molecular flexibility index (Phi) is 4.47. The highest BCUT2D eigenvalue weighted by Gasteiger charge is 2.22. The van der Waals surface area contributed by atoms with Crippen LogP contribution in [-0.4, -0.2) is 45.4 Å². The topological polar surface area (TPSA) is 106 Å². The zero-order valence-corrected chi connectivity index (χ0v) is 10.00. The summed E-state index contributed by atoms with van der Waals surface area (Å²) in [5.41, 5.74) is 5.33. The van der Waals surface area contributed by atoms with Gasteiger partial charge in [0, 0.05) is 12.7 Å². The van der Waals surface area contributed by atoms with Crippen LogP contribution in [-0.2, 0) is 16.1 Å². The molecule has 18 heavy (non-hydrogen) atoms. The quantitative estimate of drug-likeness (QED) is 0.714. The molecule has 0 spiro atoms. The van der Waals surface area contributed by atoms with Gasteiger partial charge in [-0.05, 0) is 19.1 Å². The summed E-state index contributed by atoms with van der Waals surface area (Å²) in [6.45, 7) is 1.45. The third-order valence-corrected chi connectivity index (χ3v) is 2.35. The second kappa shape index (κ2) is 5.85. The molecule has 0 bridgehead atoms. The van der Waals surface area contributed by atoms with Gasteiger partial charge >= 0.3 is 5.97 Å². The molecule has 0 aromatic carbocycles. The summed E-state index contributed by atoms with van der Waals surface area (Å²) in [7, 11) is 0. The lowest BCUT2D eigenvalue weighted by Gasteiger charge is -2.19. The van der Waals surface area contributed by atoms with Gasteiger partial charge in [0.25, 0.3) is 5.91 Å². The minimum absolute atomic E-state index is 0.333. The molecule has 1 aromatic heterocycles. The Morgan fingerprint density at radius 1 is 1.39 bits per heavy atom. The van der Waals surface area contributed by atoms with E-state index >= 15 is 0 Å². The molecule has 0 unspecified atom stereocenters. The second-order valence-corrected chi connectivity index (χ2v) is 3.70. The van der Waals surface area contributed by atoms with Crippen molar-refractivity contribution in [1.82, 2.24) is 9.47 Å².